The largest absolute Gasteiger partial charge is 0.486 e. The molecule has 0 bridgehead atoms. The van der Waals surface area contributed by atoms with E-state index in [9.17, 15) is 0 Å². The number of thiophene rings is 1. The van der Waals surface area contributed by atoms with Crippen molar-refractivity contribution < 1.29 is 9.47 Å². The highest BCUT2D eigenvalue weighted by atomic mass is 32.1. The second kappa shape index (κ2) is 5.33. The molecule has 1 aliphatic heterocycles. The Hall–Kier alpha value is -2.14. The minimum atomic E-state index is 0.0727. The zero-order chi connectivity index (χ0) is 14.1. The fourth-order valence-electron chi connectivity index (χ4n) is 2.54. The Morgan fingerprint density at radius 1 is 1.14 bits per heavy atom. The molecule has 3 heterocycles. The van der Waals surface area contributed by atoms with Crippen LogP contribution in [0.1, 0.15) is 12.1 Å². The van der Waals surface area contributed by atoms with Gasteiger partial charge in [-0.25, -0.2) is 9.97 Å². The van der Waals surface area contributed by atoms with E-state index in [1.54, 1.807) is 17.7 Å². The molecule has 4 rings (SSSR count). The maximum absolute atomic E-state index is 5.98. The van der Waals surface area contributed by atoms with Crippen molar-refractivity contribution in [1.82, 2.24) is 9.97 Å². The van der Waals surface area contributed by atoms with E-state index in [0.717, 1.165) is 40.3 Å². The van der Waals surface area contributed by atoms with Gasteiger partial charge in [-0.15, -0.1) is 11.3 Å². The van der Waals surface area contributed by atoms with Crippen molar-refractivity contribution in [2.75, 3.05) is 6.61 Å². The molecule has 3 aromatic rings. The Morgan fingerprint density at radius 3 is 3.00 bits per heavy atom. The van der Waals surface area contributed by atoms with E-state index in [4.69, 9.17) is 9.47 Å². The molecule has 1 atom stereocenters. The van der Waals surface area contributed by atoms with E-state index in [-0.39, 0.29) is 6.10 Å². The van der Waals surface area contributed by atoms with E-state index in [0.29, 0.717) is 6.61 Å². The number of aryl methyl sites for hydroxylation is 1. The molecular formula is C16H14N2O2S. The summed E-state index contributed by atoms with van der Waals surface area (Å²) in [7, 11) is 0. The highest BCUT2D eigenvalue weighted by Gasteiger charge is 2.20. The maximum atomic E-state index is 5.98. The summed E-state index contributed by atoms with van der Waals surface area (Å²) in [4.78, 5) is 9.73. The molecule has 0 amide bonds. The number of para-hydroxylation sites is 2. The van der Waals surface area contributed by atoms with E-state index >= 15 is 0 Å². The van der Waals surface area contributed by atoms with Gasteiger partial charge in [-0.3, -0.25) is 0 Å². The monoisotopic (exact) mass is 298 g/mol. The van der Waals surface area contributed by atoms with E-state index in [1.807, 2.05) is 24.3 Å². The van der Waals surface area contributed by atoms with Gasteiger partial charge in [0.2, 0.25) is 0 Å². The second-order valence-electron chi connectivity index (χ2n) is 5.00. The first-order valence-corrected chi connectivity index (χ1v) is 7.84. The van der Waals surface area contributed by atoms with Crippen LogP contribution in [0.4, 0.5) is 0 Å². The third kappa shape index (κ3) is 2.45. The van der Waals surface area contributed by atoms with Crippen molar-refractivity contribution in [2.24, 2.45) is 0 Å². The van der Waals surface area contributed by atoms with Gasteiger partial charge in [0.25, 0.3) is 0 Å². The maximum Gasteiger partial charge on any atom is 0.161 e. The number of ether oxygens (including phenoxy) is 2. The van der Waals surface area contributed by atoms with Crippen molar-refractivity contribution in [2.45, 2.75) is 18.9 Å². The van der Waals surface area contributed by atoms with Crippen LogP contribution in [-0.2, 0) is 6.42 Å². The number of hydrogen-bond donors (Lipinski definition) is 0. The summed E-state index contributed by atoms with van der Waals surface area (Å²) in [6.45, 7) is 0.592. The molecule has 0 radical (unpaired) electrons. The van der Waals surface area contributed by atoms with Gasteiger partial charge in [0.15, 0.2) is 11.5 Å². The summed E-state index contributed by atoms with van der Waals surface area (Å²) < 4.78 is 11.7. The van der Waals surface area contributed by atoms with Gasteiger partial charge < -0.3 is 9.47 Å². The number of aromatic nitrogens is 2. The lowest BCUT2D eigenvalue weighted by molar-refractivity contribution is 0.0850. The summed E-state index contributed by atoms with van der Waals surface area (Å²) in [6, 6.07) is 9.89. The zero-order valence-electron chi connectivity index (χ0n) is 11.4. The summed E-state index contributed by atoms with van der Waals surface area (Å²) in [5, 5.41) is 3.21. The van der Waals surface area contributed by atoms with Crippen LogP contribution in [0.3, 0.4) is 0 Å². The van der Waals surface area contributed by atoms with Gasteiger partial charge in [0.05, 0.1) is 5.69 Å². The molecule has 0 saturated carbocycles. The van der Waals surface area contributed by atoms with Gasteiger partial charge >= 0.3 is 0 Å². The second-order valence-corrected chi connectivity index (χ2v) is 5.89. The first-order valence-electron chi connectivity index (χ1n) is 6.96. The Kier molecular flexibility index (Phi) is 3.20. The molecule has 4 nitrogen and oxygen atoms in total. The normalized spacial score (nSPS) is 17.0. The number of benzene rings is 1. The topological polar surface area (TPSA) is 44.2 Å². The summed E-state index contributed by atoms with van der Waals surface area (Å²) in [6.07, 6.45) is 3.47. The number of rotatable bonds is 3. The minimum Gasteiger partial charge on any atom is -0.486 e. The molecular weight excluding hydrogens is 284 g/mol. The third-order valence-corrected chi connectivity index (χ3v) is 4.44. The van der Waals surface area contributed by atoms with Crippen LogP contribution in [0.2, 0.25) is 0 Å². The van der Waals surface area contributed by atoms with Crippen molar-refractivity contribution in [3.05, 3.63) is 47.7 Å². The van der Waals surface area contributed by atoms with Gasteiger partial charge in [-0.05, 0) is 36.4 Å². The lowest BCUT2D eigenvalue weighted by Crippen LogP contribution is -2.29. The van der Waals surface area contributed by atoms with Gasteiger partial charge in [-0.1, -0.05) is 12.1 Å². The van der Waals surface area contributed by atoms with Crippen LogP contribution >= 0.6 is 11.3 Å². The van der Waals surface area contributed by atoms with E-state index < -0.39 is 0 Å². The number of fused-ring (bicyclic) bond motifs is 2. The van der Waals surface area contributed by atoms with Crippen molar-refractivity contribution in [3.63, 3.8) is 0 Å². The number of nitrogens with zero attached hydrogens (tertiary/aromatic N) is 2. The smallest absolute Gasteiger partial charge is 0.161 e. The molecule has 0 fully saturated rings. The molecule has 0 N–H and O–H groups in total. The molecule has 106 valence electrons. The predicted octanol–water partition coefficient (Wildman–Crippen LogP) is 3.46. The van der Waals surface area contributed by atoms with Crippen LogP contribution in [0, 0.1) is 0 Å². The van der Waals surface area contributed by atoms with Crippen LogP contribution in [0.25, 0.3) is 10.2 Å². The molecule has 1 aliphatic rings. The van der Waals surface area contributed by atoms with Crippen molar-refractivity contribution in [1.29, 1.82) is 0 Å². The lowest BCUT2D eigenvalue weighted by Gasteiger charge is -2.26. The van der Waals surface area contributed by atoms with Crippen molar-refractivity contribution >= 4 is 21.6 Å². The Balaban J connectivity index is 1.47. The lowest BCUT2D eigenvalue weighted by atomic mass is 10.1. The molecule has 1 aromatic carbocycles. The number of hydrogen-bond acceptors (Lipinski definition) is 5. The van der Waals surface area contributed by atoms with Gasteiger partial charge in [0.1, 0.15) is 23.9 Å². The van der Waals surface area contributed by atoms with Gasteiger partial charge in [-0.2, -0.15) is 0 Å². The minimum absolute atomic E-state index is 0.0727. The van der Waals surface area contributed by atoms with Crippen LogP contribution in [0.15, 0.2) is 42.0 Å². The van der Waals surface area contributed by atoms with E-state index in [1.165, 1.54) is 0 Å². The Labute approximate surface area is 126 Å². The SMILES string of the molecule is c1ccc2c(c1)OC[C@@H](CCc1ncnc3sccc13)O2. The van der Waals surface area contributed by atoms with Gasteiger partial charge in [0, 0.05) is 5.39 Å². The Bertz CT molecular complexity index is 772. The van der Waals surface area contributed by atoms with Crippen LogP contribution in [-0.4, -0.2) is 22.7 Å². The molecule has 0 aliphatic carbocycles. The standard InChI is InChI=1S/C16H14N2O2S/c1-2-4-15-14(3-1)19-9-11(20-15)5-6-13-12-7-8-21-16(12)18-10-17-13/h1-4,7-8,10-11H,5-6,9H2/t11-/m1/s1. The van der Waals surface area contributed by atoms with Crippen LogP contribution in [0.5, 0.6) is 11.5 Å². The Morgan fingerprint density at radius 2 is 2.05 bits per heavy atom. The summed E-state index contributed by atoms with van der Waals surface area (Å²) >= 11 is 1.65. The predicted molar refractivity (Wildman–Crippen MR) is 82.1 cm³/mol. The average Bonchev–Trinajstić information content (AvgIpc) is 3.02. The molecule has 0 spiro atoms. The molecule has 21 heavy (non-hydrogen) atoms. The highest BCUT2D eigenvalue weighted by Crippen LogP contribution is 2.32. The molecule has 2 aromatic heterocycles. The highest BCUT2D eigenvalue weighted by molar-refractivity contribution is 7.16. The fourth-order valence-corrected chi connectivity index (χ4v) is 3.30. The summed E-state index contributed by atoms with van der Waals surface area (Å²) in [5.74, 6) is 1.66. The first kappa shape index (κ1) is 12.6. The third-order valence-electron chi connectivity index (χ3n) is 3.61. The molecule has 0 unspecified atom stereocenters. The first-order chi connectivity index (χ1) is 10.4. The molecule has 5 heteroatoms. The fraction of sp³-hybridized carbons (Fsp3) is 0.250. The van der Waals surface area contributed by atoms with Crippen LogP contribution < -0.4 is 9.47 Å². The van der Waals surface area contributed by atoms with Crippen molar-refractivity contribution in [3.8, 4) is 11.5 Å². The molecule has 0 saturated heterocycles. The average molecular weight is 298 g/mol. The van der Waals surface area contributed by atoms with E-state index in [2.05, 4.69) is 21.4 Å². The zero-order valence-corrected chi connectivity index (χ0v) is 12.2. The quantitative estimate of drug-likeness (QED) is 0.742. The summed E-state index contributed by atoms with van der Waals surface area (Å²) in [5.41, 5.74) is 1.09.